The second-order valence-electron chi connectivity index (χ2n) is 11.8. The van der Waals surface area contributed by atoms with E-state index in [1.165, 1.54) is 7.11 Å². The predicted molar refractivity (Wildman–Crippen MR) is 139 cm³/mol. The van der Waals surface area contributed by atoms with Gasteiger partial charge in [0.25, 0.3) is 0 Å². The number of piperazine rings is 1. The number of piperidine rings is 1. The molecule has 0 spiro atoms. The fourth-order valence-corrected chi connectivity index (χ4v) is 9.58. The van der Waals surface area contributed by atoms with Crippen molar-refractivity contribution in [3.05, 3.63) is 0 Å². The highest BCUT2D eigenvalue weighted by atomic mass is 32.2. The Kier molecular flexibility index (Phi) is 8.21. The molecule has 3 saturated heterocycles. The Labute approximate surface area is 221 Å². The van der Waals surface area contributed by atoms with E-state index in [1.807, 2.05) is 16.7 Å². The molecule has 5 atom stereocenters. The molecule has 0 aromatic heterocycles. The highest BCUT2D eigenvalue weighted by Crippen LogP contribution is 2.44. The third-order valence-electron chi connectivity index (χ3n) is 9.61. The lowest BCUT2D eigenvalue weighted by Gasteiger charge is -2.54. The number of amides is 2. The van der Waals surface area contributed by atoms with Crippen LogP contribution in [0.1, 0.15) is 71.1 Å². The normalized spacial score (nSPS) is 38.6. The molecular formula is C26H44N4O6S. The van der Waals surface area contributed by atoms with Crippen LogP contribution in [0.25, 0.3) is 0 Å². The Bertz CT molecular complexity index is 933. The lowest BCUT2D eigenvalue weighted by Crippen LogP contribution is -2.67. The van der Waals surface area contributed by atoms with Gasteiger partial charge in [-0.15, -0.1) is 0 Å². The van der Waals surface area contributed by atoms with Gasteiger partial charge in [-0.2, -0.15) is 4.31 Å². The summed E-state index contributed by atoms with van der Waals surface area (Å²) >= 11 is 0. The number of carbonyl (C=O) groups is 2. The standard InChI is InChI=1S/C26H44N4O6S/c1-18-17-28(25(31)36-22-5-3-12-27-16-22)24-15-20(8-11-23(24)30(18)26(32)35-2)19-6-9-21(10-7-19)29-13-4-14-37(29,33)34/h18-24,27H,3-17H2,1-2H3/t18-,19?,20?,21?,22?,23?,24?/m0/s1. The van der Waals surface area contributed by atoms with E-state index in [2.05, 4.69) is 5.32 Å². The number of sulfonamides is 1. The van der Waals surface area contributed by atoms with Crippen molar-refractivity contribution in [2.75, 3.05) is 39.0 Å². The maximum Gasteiger partial charge on any atom is 0.410 e. The van der Waals surface area contributed by atoms with Gasteiger partial charge in [-0.25, -0.2) is 18.0 Å². The van der Waals surface area contributed by atoms with Crippen LogP contribution in [0.5, 0.6) is 0 Å². The molecule has 2 saturated carbocycles. The number of nitrogens with zero attached hydrogens (tertiary/aromatic N) is 3. The number of hydrogen-bond acceptors (Lipinski definition) is 7. The molecule has 0 aromatic carbocycles. The molecule has 0 aromatic rings. The Morgan fingerprint density at radius 3 is 2.32 bits per heavy atom. The van der Waals surface area contributed by atoms with Crippen LogP contribution in [0.15, 0.2) is 0 Å². The number of ether oxygens (including phenoxy) is 2. The van der Waals surface area contributed by atoms with E-state index in [-0.39, 0.29) is 48.2 Å². The topological polar surface area (TPSA) is 108 Å². The molecule has 1 N–H and O–H groups in total. The van der Waals surface area contributed by atoms with Crippen molar-refractivity contribution in [2.24, 2.45) is 11.8 Å². The molecule has 2 aliphatic carbocycles. The molecule has 0 radical (unpaired) electrons. The molecule has 3 heterocycles. The number of methoxy groups -OCH3 is 1. The first kappa shape index (κ1) is 27.0. The highest BCUT2D eigenvalue weighted by Gasteiger charge is 2.49. The van der Waals surface area contributed by atoms with E-state index in [1.54, 1.807) is 4.31 Å². The van der Waals surface area contributed by atoms with E-state index < -0.39 is 10.0 Å². The molecule has 4 unspecified atom stereocenters. The van der Waals surface area contributed by atoms with Crippen molar-refractivity contribution in [3.63, 3.8) is 0 Å². The quantitative estimate of drug-likeness (QED) is 0.586. The van der Waals surface area contributed by atoms with Crippen molar-refractivity contribution < 1.29 is 27.5 Å². The van der Waals surface area contributed by atoms with Crippen molar-refractivity contribution in [1.82, 2.24) is 19.4 Å². The maximum absolute atomic E-state index is 13.4. The molecule has 5 aliphatic rings. The van der Waals surface area contributed by atoms with Crippen LogP contribution in [0.2, 0.25) is 0 Å². The Morgan fingerprint density at radius 2 is 1.68 bits per heavy atom. The molecule has 0 bridgehead atoms. The van der Waals surface area contributed by atoms with Gasteiger partial charge < -0.3 is 19.7 Å². The third kappa shape index (κ3) is 5.59. The minimum Gasteiger partial charge on any atom is -0.453 e. The Morgan fingerprint density at radius 1 is 0.919 bits per heavy atom. The summed E-state index contributed by atoms with van der Waals surface area (Å²) in [6.07, 6.45) is 8.50. The van der Waals surface area contributed by atoms with Crippen LogP contribution in [0.4, 0.5) is 9.59 Å². The fourth-order valence-electron chi connectivity index (χ4n) is 7.78. The van der Waals surface area contributed by atoms with Gasteiger partial charge in [-0.05, 0) is 89.5 Å². The lowest BCUT2D eigenvalue weighted by atomic mass is 9.69. The summed E-state index contributed by atoms with van der Waals surface area (Å²) < 4.78 is 37.7. The average Bonchev–Trinajstić information content (AvgIpc) is 3.27. The van der Waals surface area contributed by atoms with E-state index >= 15 is 0 Å². The third-order valence-corrected chi connectivity index (χ3v) is 11.6. The summed E-state index contributed by atoms with van der Waals surface area (Å²) in [5, 5.41) is 3.31. The van der Waals surface area contributed by atoms with Gasteiger partial charge in [0.05, 0.1) is 31.0 Å². The Hall–Kier alpha value is -1.59. The molecule has 2 amide bonds. The number of nitrogens with one attached hydrogen (secondary N) is 1. The van der Waals surface area contributed by atoms with Crippen LogP contribution in [0.3, 0.4) is 0 Å². The zero-order valence-electron chi connectivity index (χ0n) is 22.3. The van der Waals surface area contributed by atoms with Gasteiger partial charge in [-0.3, -0.25) is 4.90 Å². The predicted octanol–water partition coefficient (Wildman–Crippen LogP) is 2.78. The maximum atomic E-state index is 13.4. The molecular weight excluding hydrogens is 496 g/mol. The first-order valence-corrected chi connectivity index (χ1v) is 15.9. The molecule has 10 nitrogen and oxygen atoms in total. The minimum absolute atomic E-state index is 0.0736. The van der Waals surface area contributed by atoms with Crippen LogP contribution in [-0.2, 0) is 19.5 Å². The van der Waals surface area contributed by atoms with Crippen LogP contribution in [-0.4, -0.2) is 104 Å². The SMILES string of the molecule is COC(=O)N1C2CCC(C3CCC(N4CCCS4(=O)=O)CC3)CC2N(C(=O)OC2CCCNC2)C[C@@H]1C. The Balaban J connectivity index is 1.27. The smallest absolute Gasteiger partial charge is 0.410 e. The molecule has 5 fully saturated rings. The van der Waals surface area contributed by atoms with Crippen molar-refractivity contribution in [2.45, 2.75) is 101 Å². The van der Waals surface area contributed by atoms with Crippen LogP contribution < -0.4 is 5.32 Å². The lowest BCUT2D eigenvalue weighted by molar-refractivity contribution is -0.0508. The second kappa shape index (κ2) is 11.3. The molecule has 37 heavy (non-hydrogen) atoms. The van der Waals surface area contributed by atoms with Crippen LogP contribution in [0, 0.1) is 11.8 Å². The molecule has 3 aliphatic heterocycles. The van der Waals surface area contributed by atoms with Gasteiger partial charge in [0.1, 0.15) is 6.10 Å². The number of carbonyl (C=O) groups excluding carboxylic acids is 2. The summed E-state index contributed by atoms with van der Waals surface area (Å²) in [5.41, 5.74) is 0. The summed E-state index contributed by atoms with van der Waals surface area (Å²) in [4.78, 5) is 29.9. The first-order valence-electron chi connectivity index (χ1n) is 14.3. The molecule has 11 heteroatoms. The van der Waals surface area contributed by atoms with Crippen LogP contribution >= 0.6 is 0 Å². The van der Waals surface area contributed by atoms with E-state index in [0.717, 1.165) is 70.8 Å². The second-order valence-corrected chi connectivity index (χ2v) is 13.8. The summed E-state index contributed by atoms with van der Waals surface area (Å²) in [7, 11) is -1.65. The zero-order valence-corrected chi connectivity index (χ0v) is 23.2. The number of rotatable bonds is 3. The zero-order chi connectivity index (χ0) is 26.2. The summed E-state index contributed by atoms with van der Waals surface area (Å²) in [6, 6.07) is -0.161. The monoisotopic (exact) mass is 540 g/mol. The molecule has 210 valence electrons. The minimum atomic E-state index is -3.07. The molecule has 5 rings (SSSR count). The largest absolute Gasteiger partial charge is 0.453 e. The van der Waals surface area contributed by atoms with Crippen molar-refractivity contribution >= 4 is 22.2 Å². The van der Waals surface area contributed by atoms with Crippen molar-refractivity contribution in [1.29, 1.82) is 0 Å². The van der Waals surface area contributed by atoms with Crippen molar-refractivity contribution in [3.8, 4) is 0 Å². The van der Waals surface area contributed by atoms with Gasteiger partial charge >= 0.3 is 12.2 Å². The van der Waals surface area contributed by atoms with E-state index in [4.69, 9.17) is 9.47 Å². The van der Waals surface area contributed by atoms with Gasteiger partial charge in [-0.1, -0.05) is 0 Å². The van der Waals surface area contributed by atoms with Gasteiger partial charge in [0.15, 0.2) is 0 Å². The number of fused-ring (bicyclic) bond motifs is 1. The van der Waals surface area contributed by atoms with E-state index in [0.29, 0.717) is 31.5 Å². The number of hydrogen-bond donors (Lipinski definition) is 1. The van der Waals surface area contributed by atoms with Gasteiger partial charge in [0, 0.05) is 25.7 Å². The highest BCUT2D eigenvalue weighted by molar-refractivity contribution is 7.89. The average molecular weight is 541 g/mol. The van der Waals surface area contributed by atoms with E-state index in [9.17, 15) is 18.0 Å². The first-order chi connectivity index (χ1) is 17.8. The summed E-state index contributed by atoms with van der Waals surface area (Å²) in [6.45, 7) is 4.74. The van der Waals surface area contributed by atoms with Gasteiger partial charge in [0.2, 0.25) is 10.0 Å². The fraction of sp³-hybridized carbons (Fsp3) is 0.923. The summed E-state index contributed by atoms with van der Waals surface area (Å²) in [5.74, 6) is 1.27.